The number of piperidine rings is 1. The summed E-state index contributed by atoms with van der Waals surface area (Å²) in [4.78, 5) is 34.3. The summed E-state index contributed by atoms with van der Waals surface area (Å²) < 4.78 is 40.9. The molecule has 0 spiro atoms. The van der Waals surface area contributed by atoms with Gasteiger partial charge in [-0.15, -0.1) is 0 Å². The molecule has 1 unspecified atom stereocenters. The standard InChI is InChI=1S/C20H24F3N5O2/c21-20(22,23)17-11-15(26-19-24-12-25-28(17)19)13-7-9-27(10-8-13)18(30)6-5-14-3-1-2-4-16(14)29/h11-14H,1-10H2. The number of likely N-dealkylation sites (tertiary alicyclic amines) is 1. The van der Waals surface area contributed by atoms with Gasteiger partial charge in [0.2, 0.25) is 5.91 Å². The number of alkyl halides is 3. The van der Waals surface area contributed by atoms with Gasteiger partial charge in [-0.2, -0.15) is 27.8 Å². The molecule has 10 heteroatoms. The molecule has 1 saturated carbocycles. The van der Waals surface area contributed by atoms with Crippen LogP contribution in [0.15, 0.2) is 12.4 Å². The molecule has 0 radical (unpaired) electrons. The SMILES string of the molecule is O=C1CCCCC1CCC(=O)N1CCC(c2cc(C(F)(F)F)n3ncnc3n2)CC1. The number of carbonyl (C=O) groups excluding carboxylic acids is 2. The molecule has 2 aliphatic rings. The van der Waals surface area contributed by atoms with Crippen LogP contribution in [0.2, 0.25) is 0 Å². The van der Waals surface area contributed by atoms with Crippen molar-refractivity contribution in [3.63, 3.8) is 0 Å². The first-order valence-corrected chi connectivity index (χ1v) is 10.4. The molecule has 162 valence electrons. The van der Waals surface area contributed by atoms with E-state index in [0.29, 0.717) is 55.4 Å². The summed E-state index contributed by atoms with van der Waals surface area (Å²) in [5, 5.41) is 3.62. The van der Waals surface area contributed by atoms with Gasteiger partial charge in [-0.05, 0) is 38.2 Å². The second-order valence-electron chi connectivity index (χ2n) is 8.14. The molecule has 0 N–H and O–H groups in total. The van der Waals surface area contributed by atoms with Gasteiger partial charge in [0.25, 0.3) is 5.78 Å². The summed E-state index contributed by atoms with van der Waals surface area (Å²) >= 11 is 0. The molecule has 0 aromatic carbocycles. The van der Waals surface area contributed by atoms with Crippen molar-refractivity contribution >= 4 is 17.5 Å². The number of aromatic nitrogens is 4. The Bertz CT molecular complexity index is 934. The minimum atomic E-state index is -4.56. The van der Waals surface area contributed by atoms with Crippen LogP contribution in [-0.4, -0.2) is 49.3 Å². The molecule has 2 aromatic rings. The van der Waals surface area contributed by atoms with Gasteiger partial charge in [-0.3, -0.25) is 9.59 Å². The van der Waals surface area contributed by atoms with Crippen molar-refractivity contribution in [3.05, 3.63) is 23.8 Å². The van der Waals surface area contributed by atoms with Crippen LogP contribution in [0.3, 0.4) is 0 Å². The van der Waals surface area contributed by atoms with E-state index in [2.05, 4.69) is 15.1 Å². The van der Waals surface area contributed by atoms with E-state index in [9.17, 15) is 22.8 Å². The van der Waals surface area contributed by atoms with Gasteiger partial charge in [0.15, 0.2) is 5.69 Å². The summed E-state index contributed by atoms with van der Waals surface area (Å²) in [7, 11) is 0. The molecule has 1 aliphatic carbocycles. The highest BCUT2D eigenvalue weighted by Crippen LogP contribution is 2.34. The minimum absolute atomic E-state index is 0.000103. The number of hydrogen-bond donors (Lipinski definition) is 0. The molecule has 2 fully saturated rings. The van der Waals surface area contributed by atoms with E-state index in [1.807, 2.05) is 0 Å². The molecular weight excluding hydrogens is 399 g/mol. The van der Waals surface area contributed by atoms with E-state index >= 15 is 0 Å². The monoisotopic (exact) mass is 423 g/mol. The Kier molecular flexibility index (Phi) is 5.75. The van der Waals surface area contributed by atoms with E-state index in [4.69, 9.17) is 0 Å². The number of hydrogen-bond acceptors (Lipinski definition) is 5. The van der Waals surface area contributed by atoms with Gasteiger partial charge in [0.05, 0.1) is 0 Å². The highest BCUT2D eigenvalue weighted by molar-refractivity contribution is 5.83. The predicted molar refractivity (Wildman–Crippen MR) is 101 cm³/mol. The Morgan fingerprint density at radius 1 is 1.17 bits per heavy atom. The average molecular weight is 423 g/mol. The summed E-state index contributed by atoms with van der Waals surface area (Å²) in [6.07, 6.45) is 2.00. The van der Waals surface area contributed by atoms with E-state index in [1.54, 1.807) is 4.90 Å². The normalized spacial score (nSPS) is 21.4. The lowest BCUT2D eigenvalue weighted by Gasteiger charge is -2.32. The molecule has 1 atom stereocenters. The number of Topliss-reactive ketones (excluding diaryl/α,β-unsaturated/α-hetero) is 1. The maximum absolute atomic E-state index is 13.4. The fourth-order valence-electron chi connectivity index (χ4n) is 4.48. The number of carbonyl (C=O) groups is 2. The maximum atomic E-state index is 13.4. The van der Waals surface area contributed by atoms with Crippen LogP contribution in [0.5, 0.6) is 0 Å². The van der Waals surface area contributed by atoms with Crippen molar-refractivity contribution in [3.8, 4) is 0 Å². The Morgan fingerprint density at radius 3 is 2.63 bits per heavy atom. The molecule has 1 aliphatic heterocycles. The number of rotatable bonds is 4. The van der Waals surface area contributed by atoms with Crippen LogP contribution in [0.1, 0.15) is 68.7 Å². The molecule has 0 bridgehead atoms. The van der Waals surface area contributed by atoms with Crippen molar-refractivity contribution in [1.82, 2.24) is 24.5 Å². The van der Waals surface area contributed by atoms with Crippen LogP contribution < -0.4 is 0 Å². The lowest BCUT2D eigenvalue weighted by molar-refractivity contribution is -0.142. The number of fused-ring (bicyclic) bond motifs is 1. The first-order chi connectivity index (χ1) is 14.3. The van der Waals surface area contributed by atoms with Crippen LogP contribution in [-0.2, 0) is 15.8 Å². The third-order valence-electron chi connectivity index (χ3n) is 6.22. The largest absolute Gasteiger partial charge is 0.433 e. The van der Waals surface area contributed by atoms with Crippen LogP contribution >= 0.6 is 0 Å². The van der Waals surface area contributed by atoms with Crippen LogP contribution in [0.4, 0.5) is 13.2 Å². The molecule has 3 heterocycles. The Labute approximate surface area is 171 Å². The smallest absolute Gasteiger partial charge is 0.343 e. The van der Waals surface area contributed by atoms with Gasteiger partial charge in [-0.1, -0.05) is 6.42 Å². The fraction of sp³-hybridized carbons (Fsp3) is 0.650. The highest BCUT2D eigenvalue weighted by Gasteiger charge is 2.36. The van der Waals surface area contributed by atoms with Crippen molar-refractivity contribution in [1.29, 1.82) is 0 Å². The summed E-state index contributed by atoms with van der Waals surface area (Å²) in [5.74, 6) is 0.0409. The Balaban J connectivity index is 1.37. The number of nitrogens with zero attached hydrogens (tertiary/aromatic N) is 5. The molecule has 1 saturated heterocycles. The molecule has 4 rings (SSSR count). The zero-order chi connectivity index (χ0) is 21.3. The Morgan fingerprint density at radius 2 is 1.93 bits per heavy atom. The Hall–Kier alpha value is -2.52. The van der Waals surface area contributed by atoms with E-state index in [-0.39, 0.29) is 29.3 Å². The van der Waals surface area contributed by atoms with Crippen molar-refractivity contribution < 1.29 is 22.8 Å². The maximum Gasteiger partial charge on any atom is 0.433 e. The average Bonchev–Trinajstić information content (AvgIpc) is 3.20. The topological polar surface area (TPSA) is 80.5 Å². The highest BCUT2D eigenvalue weighted by atomic mass is 19.4. The van der Waals surface area contributed by atoms with Gasteiger partial charge >= 0.3 is 6.18 Å². The first kappa shape index (κ1) is 20.7. The predicted octanol–water partition coefficient (Wildman–Crippen LogP) is 3.39. The molecule has 1 amide bonds. The zero-order valence-corrected chi connectivity index (χ0v) is 16.6. The van der Waals surface area contributed by atoms with E-state index < -0.39 is 11.9 Å². The van der Waals surface area contributed by atoms with Gasteiger partial charge in [-0.25, -0.2) is 4.98 Å². The van der Waals surface area contributed by atoms with Crippen molar-refractivity contribution in [2.24, 2.45) is 5.92 Å². The van der Waals surface area contributed by atoms with Crippen molar-refractivity contribution in [2.75, 3.05) is 13.1 Å². The molecule has 30 heavy (non-hydrogen) atoms. The summed E-state index contributed by atoms with van der Waals surface area (Å²) in [6, 6.07) is 1.04. The van der Waals surface area contributed by atoms with E-state index in [0.717, 1.165) is 31.7 Å². The van der Waals surface area contributed by atoms with E-state index in [1.165, 1.54) is 0 Å². The van der Waals surface area contributed by atoms with Crippen LogP contribution in [0.25, 0.3) is 5.78 Å². The second-order valence-corrected chi connectivity index (χ2v) is 8.14. The third kappa shape index (κ3) is 4.32. The van der Waals surface area contributed by atoms with Crippen LogP contribution in [0, 0.1) is 5.92 Å². The number of halogens is 3. The lowest BCUT2D eigenvalue weighted by Crippen LogP contribution is -2.38. The molecule has 2 aromatic heterocycles. The van der Waals surface area contributed by atoms with Gasteiger partial charge < -0.3 is 4.90 Å². The third-order valence-corrected chi connectivity index (χ3v) is 6.22. The lowest BCUT2D eigenvalue weighted by atomic mass is 9.84. The van der Waals surface area contributed by atoms with Crippen molar-refractivity contribution in [2.45, 2.75) is 63.5 Å². The summed E-state index contributed by atoms with van der Waals surface area (Å²) in [5.41, 5.74) is -0.557. The first-order valence-electron chi connectivity index (χ1n) is 10.4. The fourth-order valence-corrected chi connectivity index (χ4v) is 4.48. The molecule has 7 nitrogen and oxygen atoms in total. The molecular formula is C20H24F3N5O2. The second kappa shape index (κ2) is 8.31. The quantitative estimate of drug-likeness (QED) is 0.753. The van der Waals surface area contributed by atoms with Gasteiger partial charge in [0.1, 0.15) is 12.1 Å². The van der Waals surface area contributed by atoms with Gasteiger partial charge in [0, 0.05) is 43.5 Å². The number of ketones is 1. The zero-order valence-electron chi connectivity index (χ0n) is 16.6. The number of amides is 1. The summed E-state index contributed by atoms with van der Waals surface area (Å²) in [6.45, 7) is 0.950. The minimum Gasteiger partial charge on any atom is -0.343 e.